The van der Waals surface area contributed by atoms with Crippen LogP contribution >= 0.6 is 22.6 Å². The zero-order chi connectivity index (χ0) is 21.5. The number of non-ortho nitro benzene ring substituents is 1. The predicted molar refractivity (Wildman–Crippen MR) is 117 cm³/mol. The van der Waals surface area contributed by atoms with Gasteiger partial charge in [-0.2, -0.15) is 5.10 Å². The second-order valence-corrected chi connectivity index (χ2v) is 7.08. The number of hydrogen-bond acceptors (Lipinski definition) is 7. The first-order chi connectivity index (χ1) is 14.5. The standard InChI is InChI=1S/C20H16IN3O6/c1-28-18-10-14(11-22-23-20(25)17-3-2-8-29-17)9-16(21)19(18)30-12-13-4-6-15(7-5-13)24(26)27/h2-11H,12H2,1H3,(H,23,25)/b22-11+. The summed E-state index contributed by atoms with van der Waals surface area (Å²) in [5, 5.41) is 14.7. The third-order valence-electron chi connectivity index (χ3n) is 3.91. The van der Waals surface area contributed by atoms with Gasteiger partial charge < -0.3 is 13.9 Å². The highest BCUT2D eigenvalue weighted by atomic mass is 127. The third-order valence-corrected chi connectivity index (χ3v) is 4.71. The lowest BCUT2D eigenvalue weighted by molar-refractivity contribution is -0.384. The molecule has 1 heterocycles. The Hall–Kier alpha value is -3.41. The van der Waals surface area contributed by atoms with Crippen molar-refractivity contribution in [3.05, 3.63) is 85.4 Å². The minimum absolute atomic E-state index is 0.0219. The first kappa shape index (κ1) is 21.3. The van der Waals surface area contributed by atoms with Gasteiger partial charge >= 0.3 is 5.91 Å². The summed E-state index contributed by atoms with van der Waals surface area (Å²) in [5.74, 6) is 0.728. The minimum atomic E-state index is -0.457. The van der Waals surface area contributed by atoms with E-state index in [-0.39, 0.29) is 18.1 Å². The molecule has 0 unspecified atom stereocenters. The quantitative estimate of drug-likeness (QED) is 0.206. The number of nitro benzene ring substituents is 1. The summed E-state index contributed by atoms with van der Waals surface area (Å²) in [4.78, 5) is 22.1. The van der Waals surface area contributed by atoms with E-state index in [2.05, 4.69) is 33.1 Å². The summed E-state index contributed by atoms with van der Waals surface area (Å²) >= 11 is 2.11. The number of amides is 1. The number of benzene rings is 2. The van der Waals surface area contributed by atoms with Crippen molar-refractivity contribution >= 4 is 40.4 Å². The normalized spacial score (nSPS) is 10.7. The van der Waals surface area contributed by atoms with Crippen LogP contribution in [-0.2, 0) is 6.61 Å². The van der Waals surface area contributed by atoms with E-state index in [0.29, 0.717) is 17.1 Å². The summed E-state index contributed by atoms with van der Waals surface area (Å²) in [6.45, 7) is 0.219. The average Bonchev–Trinajstić information content (AvgIpc) is 3.28. The van der Waals surface area contributed by atoms with Gasteiger partial charge in [-0.05, 0) is 70.1 Å². The Bertz CT molecular complexity index is 1060. The molecule has 1 N–H and O–H groups in total. The first-order valence-corrected chi connectivity index (χ1v) is 9.66. The molecule has 3 rings (SSSR count). The van der Waals surface area contributed by atoms with Crippen molar-refractivity contribution < 1.29 is 23.6 Å². The van der Waals surface area contributed by atoms with E-state index in [9.17, 15) is 14.9 Å². The molecule has 0 aliphatic carbocycles. The van der Waals surface area contributed by atoms with Gasteiger partial charge in [-0.15, -0.1) is 0 Å². The van der Waals surface area contributed by atoms with E-state index in [4.69, 9.17) is 13.9 Å². The number of halogens is 1. The van der Waals surface area contributed by atoms with Crippen molar-refractivity contribution in [1.29, 1.82) is 0 Å². The van der Waals surface area contributed by atoms with Crippen LogP contribution in [0.1, 0.15) is 21.7 Å². The molecule has 0 saturated carbocycles. The fourth-order valence-electron chi connectivity index (χ4n) is 2.45. The molecule has 0 atom stereocenters. The number of rotatable bonds is 8. The lowest BCUT2D eigenvalue weighted by atomic mass is 10.2. The first-order valence-electron chi connectivity index (χ1n) is 8.58. The molecule has 0 spiro atoms. The van der Waals surface area contributed by atoms with Crippen molar-refractivity contribution in [2.24, 2.45) is 5.10 Å². The van der Waals surface area contributed by atoms with Crippen LogP contribution in [0.3, 0.4) is 0 Å². The van der Waals surface area contributed by atoms with Crippen LogP contribution in [0.15, 0.2) is 64.3 Å². The van der Waals surface area contributed by atoms with Gasteiger partial charge in [-0.1, -0.05) is 0 Å². The van der Waals surface area contributed by atoms with E-state index in [1.165, 1.54) is 37.8 Å². The minimum Gasteiger partial charge on any atom is -0.493 e. The Labute approximate surface area is 185 Å². The van der Waals surface area contributed by atoms with Crippen molar-refractivity contribution in [2.75, 3.05) is 7.11 Å². The van der Waals surface area contributed by atoms with Gasteiger partial charge in [0.05, 0.1) is 28.1 Å². The molecule has 0 saturated heterocycles. The highest BCUT2D eigenvalue weighted by Crippen LogP contribution is 2.34. The van der Waals surface area contributed by atoms with Crippen molar-refractivity contribution in [3.8, 4) is 11.5 Å². The molecule has 3 aromatic rings. The molecule has 30 heavy (non-hydrogen) atoms. The van der Waals surface area contributed by atoms with Crippen LogP contribution in [0.5, 0.6) is 11.5 Å². The van der Waals surface area contributed by atoms with E-state index in [0.717, 1.165) is 9.13 Å². The van der Waals surface area contributed by atoms with Crippen LogP contribution in [0.4, 0.5) is 5.69 Å². The van der Waals surface area contributed by atoms with E-state index in [1.54, 1.807) is 24.3 Å². The second kappa shape index (κ2) is 9.87. The Kier molecular flexibility index (Phi) is 7.01. The van der Waals surface area contributed by atoms with Crippen molar-refractivity contribution in [3.63, 3.8) is 0 Å². The monoisotopic (exact) mass is 521 g/mol. The Morgan fingerprint density at radius 3 is 2.70 bits per heavy atom. The Balaban J connectivity index is 1.68. The van der Waals surface area contributed by atoms with Gasteiger partial charge in [-0.3, -0.25) is 14.9 Å². The van der Waals surface area contributed by atoms with Crippen LogP contribution < -0.4 is 14.9 Å². The topological polar surface area (TPSA) is 116 Å². The number of hydrazone groups is 1. The van der Waals surface area contributed by atoms with Gasteiger partial charge in [0.2, 0.25) is 0 Å². The van der Waals surface area contributed by atoms with Crippen molar-refractivity contribution in [1.82, 2.24) is 5.43 Å². The third kappa shape index (κ3) is 5.35. The van der Waals surface area contributed by atoms with Crippen LogP contribution in [-0.4, -0.2) is 24.2 Å². The highest BCUT2D eigenvalue weighted by Gasteiger charge is 2.12. The van der Waals surface area contributed by atoms with E-state index in [1.807, 2.05) is 6.07 Å². The summed E-state index contributed by atoms with van der Waals surface area (Å²) in [7, 11) is 1.52. The summed E-state index contributed by atoms with van der Waals surface area (Å²) in [6, 6.07) is 12.8. The van der Waals surface area contributed by atoms with E-state index < -0.39 is 10.8 Å². The Morgan fingerprint density at radius 1 is 1.30 bits per heavy atom. The number of furan rings is 1. The van der Waals surface area contributed by atoms with E-state index >= 15 is 0 Å². The zero-order valence-corrected chi connectivity index (χ0v) is 17.9. The van der Waals surface area contributed by atoms with Crippen LogP contribution in [0.2, 0.25) is 0 Å². The maximum Gasteiger partial charge on any atom is 0.307 e. The SMILES string of the molecule is COc1cc(/C=N/NC(=O)c2ccco2)cc(I)c1OCc1ccc([N+](=O)[O-])cc1. The molecule has 1 aromatic heterocycles. The molecular formula is C20H16IN3O6. The lowest BCUT2D eigenvalue weighted by Crippen LogP contribution is -2.16. The molecule has 10 heteroatoms. The molecule has 9 nitrogen and oxygen atoms in total. The van der Waals surface area contributed by atoms with Crippen LogP contribution in [0, 0.1) is 13.7 Å². The molecule has 1 amide bonds. The lowest BCUT2D eigenvalue weighted by Gasteiger charge is -2.13. The fourth-order valence-corrected chi connectivity index (χ4v) is 3.23. The molecule has 2 aromatic carbocycles. The summed E-state index contributed by atoms with van der Waals surface area (Å²) in [5.41, 5.74) is 3.88. The van der Waals surface area contributed by atoms with Crippen molar-refractivity contribution in [2.45, 2.75) is 6.61 Å². The van der Waals surface area contributed by atoms with Crippen LogP contribution in [0.25, 0.3) is 0 Å². The summed E-state index contributed by atoms with van der Waals surface area (Å²) in [6.07, 6.45) is 2.88. The maximum absolute atomic E-state index is 11.8. The maximum atomic E-state index is 11.8. The highest BCUT2D eigenvalue weighted by molar-refractivity contribution is 14.1. The smallest absolute Gasteiger partial charge is 0.307 e. The molecule has 154 valence electrons. The predicted octanol–water partition coefficient (Wildman–Crippen LogP) is 4.14. The number of carbonyl (C=O) groups excluding carboxylic acids is 1. The zero-order valence-electron chi connectivity index (χ0n) is 15.7. The number of methoxy groups -OCH3 is 1. The van der Waals surface area contributed by atoms with Gasteiger partial charge in [0.15, 0.2) is 17.3 Å². The van der Waals surface area contributed by atoms with Gasteiger partial charge in [0, 0.05) is 12.1 Å². The molecule has 0 fully saturated rings. The Morgan fingerprint density at radius 2 is 2.07 bits per heavy atom. The number of carbonyl (C=O) groups is 1. The molecule has 0 bridgehead atoms. The number of nitrogens with zero attached hydrogens (tertiary/aromatic N) is 2. The number of hydrogen-bond donors (Lipinski definition) is 1. The molecular weight excluding hydrogens is 505 g/mol. The number of nitrogens with one attached hydrogen (secondary N) is 1. The molecule has 0 radical (unpaired) electrons. The van der Waals surface area contributed by atoms with Gasteiger partial charge in [0.1, 0.15) is 6.61 Å². The largest absolute Gasteiger partial charge is 0.493 e. The number of nitro groups is 1. The molecule has 0 aliphatic rings. The number of ether oxygens (including phenoxy) is 2. The van der Waals surface area contributed by atoms with Gasteiger partial charge in [-0.25, -0.2) is 5.43 Å². The molecule has 0 aliphatic heterocycles. The van der Waals surface area contributed by atoms with Gasteiger partial charge in [0.25, 0.3) is 5.69 Å². The second-order valence-electron chi connectivity index (χ2n) is 5.92. The average molecular weight is 521 g/mol. The summed E-state index contributed by atoms with van der Waals surface area (Å²) < 4.78 is 17.0. The fraction of sp³-hybridized carbons (Fsp3) is 0.100.